The van der Waals surface area contributed by atoms with E-state index < -0.39 is 17.4 Å². The van der Waals surface area contributed by atoms with Gasteiger partial charge < -0.3 is 14.6 Å². The van der Waals surface area contributed by atoms with E-state index in [-0.39, 0.29) is 12.2 Å². The minimum Gasteiger partial charge on any atom is -0.468 e. The Kier molecular flexibility index (Phi) is 3.76. The summed E-state index contributed by atoms with van der Waals surface area (Å²) in [6.45, 7) is -0.170. The summed E-state index contributed by atoms with van der Waals surface area (Å²) in [4.78, 5) is 40.4. The molecule has 0 aliphatic rings. The lowest BCUT2D eigenvalue weighted by Gasteiger charge is -2.14. The van der Waals surface area contributed by atoms with Gasteiger partial charge in [-0.2, -0.15) is 0 Å². The normalized spacial score (nSPS) is 9.62. The van der Waals surface area contributed by atoms with Crippen molar-refractivity contribution in [2.75, 3.05) is 20.7 Å². The summed E-state index contributed by atoms with van der Waals surface area (Å²) in [7, 11) is 2.67. The summed E-state index contributed by atoms with van der Waals surface area (Å²) in [5.41, 5.74) is -0.335. The van der Waals surface area contributed by atoms with E-state index in [2.05, 4.69) is 14.7 Å². The van der Waals surface area contributed by atoms with Crippen LogP contribution in [0.5, 0.6) is 0 Å². The molecule has 7 nitrogen and oxygen atoms in total. The van der Waals surface area contributed by atoms with Gasteiger partial charge >= 0.3 is 5.97 Å². The third kappa shape index (κ3) is 2.91. The maximum atomic E-state index is 11.6. The van der Waals surface area contributed by atoms with Gasteiger partial charge in [0, 0.05) is 13.2 Å². The Bertz CT molecular complexity index is 434. The molecule has 1 rings (SSSR count). The molecule has 0 bridgehead atoms. The second kappa shape index (κ2) is 5.06. The maximum absolute atomic E-state index is 11.6. The summed E-state index contributed by atoms with van der Waals surface area (Å²) in [6, 6.07) is 0. The largest absolute Gasteiger partial charge is 0.468 e. The van der Waals surface area contributed by atoms with Crippen LogP contribution in [0.15, 0.2) is 17.2 Å². The van der Waals surface area contributed by atoms with Gasteiger partial charge in [-0.05, 0) is 0 Å². The fourth-order valence-corrected chi connectivity index (χ4v) is 0.985. The fourth-order valence-electron chi connectivity index (χ4n) is 0.985. The highest BCUT2D eigenvalue weighted by atomic mass is 16.5. The smallest absolute Gasteiger partial charge is 0.325 e. The maximum Gasteiger partial charge on any atom is 0.325 e. The van der Waals surface area contributed by atoms with Crippen molar-refractivity contribution in [2.45, 2.75) is 0 Å². The van der Waals surface area contributed by atoms with Gasteiger partial charge in [0.25, 0.3) is 11.5 Å². The fraction of sp³-hybridized carbons (Fsp3) is 0.333. The van der Waals surface area contributed by atoms with E-state index in [1.807, 2.05) is 0 Å². The SMILES string of the molecule is COC(=O)CN(C)C(=O)c1c[nH]c(=O)cn1. The van der Waals surface area contributed by atoms with Crippen LogP contribution in [0.3, 0.4) is 0 Å². The van der Waals surface area contributed by atoms with Crippen molar-refractivity contribution in [2.24, 2.45) is 0 Å². The Hall–Kier alpha value is -2.18. The molecule has 16 heavy (non-hydrogen) atoms. The van der Waals surface area contributed by atoms with Crippen molar-refractivity contribution in [1.29, 1.82) is 0 Å². The Morgan fingerprint density at radius 2 is 2.25 bits per heavy atom. The second-order valence-electron chi connectivity index (χ2n) is 3.03. The van der Waals surface area contributed by atoms with E-state index in [0.717, 1.165) is 11.1 Å². The Morgan fingerprint density at radius 3 is 2.75 bits per heavy atom. The number of hydrogen-bond donors (Lipinski definition) is 1. The van der Waals surface area contributed by atoms with Gasteiger partial charge in [-0.3, -0.25) is 14.4 Å². The monoisotopic (exact) mass is 225 g/mol. The topological polar surface area (TPSA) is 92.4 Å². The van der Waals surface area contributed by atoms with Crippen molar-refractivity contribution in [1.82, 2.24) is 14.9 Å². The molecular formula is C9H11N3O4. The molecule has 0 aliphatic heterocycles. The first kappa shape index (κ1) is 11.9. The molecule has 1 heterocycles. The minimum absolute atomic E-state index is 0.0611. The van der Waals surface area contributed by atoms with E-state index >= 15 is 0 Å². The molecule has 86 valence electrons. The lowest BCUT2D eigenvalue weighted by molar-refractivity contribution is -0.141. The summed E-state index contributed by atoms with van der Waals surface area (Å²) < 4.78 is 4.41. The van der Waals surface area contributed by atoms with Crippen LogP contribution < -0.4 is 5.56 Å². The van der Waals surface area contributed by atoms with Gasteiger partial charge in [0.1, 0.15) is 12.2 Å². The van der Waals surface area contributed by atoms with Crippen LogP contribution in [-0.4, -0.2) is 47.4 Å². The van der Waals surface area contributed by atoms with Gasteiger partial charge in [-0.15, -0.1) is 0 Å². The van der Waals surface area contributed by atoms with Crippen molar-refractivity contribution in [3.8, 4) is 0 Å². The van der Waals surface area contributed by atoms with E-state index in [0.29, 0.717) is 0 Å². The number of ether oxygens (including phenoxy) is 1. The molecule has 0 atom stereocenters. The first-order chi connectivity index (χ1) is 7.54. The number of H-pyrrole nitrogens is 1. The molecule has 0 saturated heterocycles. The van der Waals surface area contributed by atoms with Crippen molar-refractivity contribution in [3.63, 3.8) is 0 Å². The predicted molar refractivity (Wildman–Crippen MR) is 53.8 cm³/mol. The highest BCUT2D eigenvalue weighted by Crippen LogP contribution is 1.96. The molecule has 7 heteroatoms. The number of aromatic nitrogens is 2. The molecule has 1 aromatic rings. The molecule has 0 spiro atoms. The summed E-state index contributed by atoms with van der Waals surface area (Å²) in [6.07, 6.45) is 2.19. The molecule has 0 fully saturated rings. The highest BCUT2D eigenvalue weighted by Gasteiger charge is 2.16. The van der Waals surface area contributed by atoms with Gasteiger partial charge in [0.15, 0.2) is 0 Å². The molecule has 0 aliphatic carbocycles. The molecular weight excluding hydrogens is 214 g/mol. The van der Waals surface area contributed by atoms with Crippen LogP contribution in [0.2, 0.25) is 0 Å². The zero-order valence-electron chi connectivity index (χ0n) is 8.89. The van der Waals surface area contributed by atoms with Crippen LogP contribution in [0, 0.1) is 0 Å². The van der Waals surface area contributed by atoms with Gasteiger partial charge in [0.05, 0.1) is 13.3 Å². The number of methoxy groups -OCH3 is 1. The molecule has 1 amide bonds. The number of hydrogen-bond acceptors (Lipinski definition) is 5. The number of amides is 1. The van der Waals surface area contributed by atoms with Crippen LogP contribution in [0.4, 0.5) is 0 Å². The molecule has 1 aromatic heterocycles. The number of aromatic amines is 1. The zero-order chi connectivity index (χ0) is 12.1. The number of esters is 1. The second-order valence-corrected chi connectivity index (χ2v) is 3.03. The Labute approximate surface area is 91.1 Å². The highest BCUT2D eigenvalue weighted by molar-refractivity contribution is 5.93. The van der Waals surface area contributed by atoms with Crippen LogP contribution in [0.1, 0.15) is 10.5 Å². The van der Waals surface area contributed by atoms with E-state index in [1.165, 1.54) is 20.4 Å². The molecule has 0 unspecified atom stereocenters. The molecule has 0 aromatic carbocycles. The summed E-state index contributed by atoms with van der Waals surface area (Å²) in [5, 5.41) is 0. The van der Waals surface area contributed by atoms with Crippen molar-refractivity contribution < 1.29 is 14.3 Å². The van der Waals surface area contributed by atoms with Crippen LogP contribution in [-0.2, 0) is 9.53 Å². The quantitative estimate of drug-likeness (QED) is 0.667. The number of nitrogens with zero attached hydrogens (tertiary/aromatic N) is 2. The first-order valence-electron chi connectivity index (χ1n) is 4.41. The third-order valence-corrected chi connectivity index (χ3v) is 1.83. The lowest BCUT2D eigenvalue weighted by Crippen LogP contribution is -2.33. The first-order valence-corrected chi connectivity index (χ1v) is 4.41. The summed E-state index contributed by atoms with van der Waals surface area (Å²) >= 11 is 0. The third-order valence-electron chi connectivity index (χ3n) is 1.83. The lowest BCUT2D eigenvalue weighted by atomic mass is 10.4. The van der Waals surface area contributed by atoms with Crippen molar-refractivity contribution in [3.05, 3.63) is 28.4 Å². The van der Waals surface area contributed by atoms with Gasteiger partial charge in [-0.1, -0.05) is 0 Å². The van der Waals surface area contributed by atoms with Gasteiger partial charge in [0.2, 0.25) is 0 Å². The minimum atomic E-state index is -0.528. The van der Waals surface area contributed by atoms with E-state index in [9.17, 15) is 14.4 Å². The standard InChI is InChI=1S/C9H11N3O4/c1-12(5-8(14)16-2)9(15)6-3-11-7(13)4-10-6/h3-4H,5H2,1-2H3,(H,11,13). The van der Waals surface area contributed by atoms with Crippen LogP contribution in [0.25, 0.3) is 0 Å². The van der Waals surface area contributed by atoms with E-state index in [1.54, 1.807) is 0 Å². The Morgan fingerprint density at radius 1 is 1.56 bits per heavy atom. The number of nitrogens with one attached hydrogen (secondary N) is 1. The molecule has 1 N–H and O–H groups in total. The average Bonchev–Trinajstić information content (AvgIpc) is 2.28. The predicted octanol–water partition coefficient (Wildman–Crippen LogP) is -0.985. The van der Waals surface area contributed by atoms with Gasteiger partial charge in [-0.25, -0.2) is 4.98 Å². The molecule has 0 radical (unpaired) electrons. The number of rotatable bonds is 3. The molecule has 0 saturated carbocycles. The number of carbonyl (C=O) groups excluding carboxylic acids is 2. The van der Waals surface area contributed by atoms with E-state index in [4.69, 9.17) is 0 Å². The average molecular weight is 225 g/mol. The number of likely N-dealkylation sites (N-methyl/N-ethyl adjacent to an activating group) is 1. The van der Waals surface area contributed by atoms with Crippen molar-refractivity contribution >= 4 is 11.9 Å². The zero-order valence-corrected chi connectivity index (χ0v) is 8.89. The van der Waals surface area contributed by atoms with Crippen LogP contribution >= 0.6 is 0 Å². The summed E-state index contributed by atoms with van der Waals surface area (Å²) in [5.74, 6) is -0.998. The number of carbonyl (C=O) groups is 2. The Balaban J connectivity index is 2.74.